The summed E-state index contributed by atoms with van der Waals surface area (Å²) in [5.41, 5.74) is 7.47. The van der Waals surface area contributed by atoms with Crippen molar-refractivity contribution in [2.75, 3.05) is 27.8 Å². The third kappa shape index (κ3) is 2.58. The summed E-state index contributed by atoms with van der Waals surface area (Å²) in [6.45, 7) is 2.69. The van der Waals surface area contributed by atoms with Crippen molar-refractivity contribution in [3.63, 3.8) is 0 Å². The van der Waals surface area contributed by atoms with Crippen LogP contribution in [0, 0.1) is 0 Å². The number of carbonyl (C=O) groups is 1. The topological polar surface area (TPSA) is 64.8 Å². The lowest BCUT2D eigenvalue weighted by Crippen LogP contribution is -2.50. The number of hydrogen-bond donors (Lipinski definition) is 1. The maximum absolute atomic E-state index is 12.7. The van der Waals surface area contributed by atoms with Crippen molar-refractivity contribution in [3.05, 3.63) is 23.3 Å². The second-order valence-corrected chi connectivity index (χ2v) is 5.56. The molecule has 0 radical (unpaired) electrons. The highest BCUT2D eigenvalue weighted by molar-refractivity contribution is 5.88. The highest BCUT2D eigenvalue weighted by atomic mass is 16.5. The van der Waals surface area contributed by atoms with Gasteiger partial charge in [0.2, 0.25) is 5.91 Å². The van der Waals surface area contributed by atoms with Crippen LogP contribution in [0.4, 0.5) is 0 Å². The van der Waals surface area contributed by atoms with E-state index in [2.05, 4.69) is 0 Å². The fraction of sp³-hybridized carbons (Fsp3) is 0.562. The van der Waals surface area contributed by atoms with Gasteiger partial charge in [-0.15, -0.1) is 0 Å². The van der Waals surface area contributed by atoms with Crippen molar-refractivity contribution in [1.29, 1.82) is 0 Å². The third-order valence-corrected chi connectivity index (χ3v) is 4.18. The molecule has 1 aromatic rings. The standard InChI is InChI=1S/C16H24N2O3/c1-5-7-16(17)12-10-14(21-4)13(20-3)9-11(12)6-8-18(2)15(16)19/h9-10H,5-8,17H2,1-4H3. The number of fused-ring (bicyclic) bond motifs is 1. The Morgan fingerprint density at radius 2 is 1.90 bits per heavy atom. The summed E-state index contributed by atoms with van der Waals surface area (Å²) in [5.74, 6) is 1.25. The predicted molar refractivity (Wildman–Crippen MR) is 81.7 cm³/mol. The summed E-state index contributed by atoms with van der Waals surface area (Å²) in [6.07, 6.45) is 2.21. The first-order valence-electron chi connectivity index (χ1n) is 7.27. The smallest absolute Gasteiger partial charge is 0.247 e. The Labute approximate surface area is 126 Å². The van der Waals surface area contributed by atoms with Gasteiger partial charge in [-0.25, -0.2) is 0 Å². The van der Waals surface area contributed by atoms with Gasteiger partial charge in [-0.3, -0.25) is 4.79 Å². The molecule has 5 nitrogen and oxygen atoms in total. The summed E-state index contributed by atoms with van der Waals surface area (Å²) >= 11 is 0. The first kappa shape index (κ1) is 15.6. The van der Waals surface area contributed by atoms with Crippen LogP contribution in [0.2, 0.25) is 0 Å². The van der Waals surface area contributed by atoms with E-state index in [-0.39, 0.29) is 5.91 Å². The Balaban J connectivity index is 2.65. The van der Waals surface area contributed by atoms with Crippen LogP contribution in [0.3, 0.4) is 0 Å². The van der Waals surface area contributed by atoms with Gasteiger partial charge in [-0.1, -0.05) is 13.3 Å². The Morgan fingerprint density at radius 1 is 1.29 bits per heavy atom. The molecular formula is C16H24N2O3. The fourth-order valence-corrected chi connectivity index (χ4v) is 3.02. The normalized spacial score (nSPS) is 21.8. The van der Waals surface area contributed by atoms with E-state index in [4.69, 9.17) is 15.2 Å². The van der Waals surface area contributed by atoms with E-state index in [9.17, 15) is 4.79 Å². The summed E-state index contributed by atoms with van der Waals surface area (Å²) in [5, 5.41) is 0. The number of nitrogens with two attached hydrogens (primary N) is 1. The van der Waals surface area contributed by atoms with Crippen LogP contribution in [0.25, 0.3) is 0 Å². The zero-order valence-electron chi connectivity index (χ0n) is 13.2. The van der Waals surface area contributed by atoms with E-state index in [0.717, 1.165) is 24.0 Å². The van der Waals surface area contributed by atoms with Crippen LogP contribution < -0.4 is 15.2 Å². The zero-order valence-corrected chi connectivity index (χ0v) is 13.2. The molecular weight excluding hydrogens is 268 g/mol. The third-order valence-electron chi connectivity index (χ3n) is 4.18. The van der Waals surface area contributed by atoms with Crippen molar-refractivity contribution >= 4 is 5.91 Å². The molecule has 0 aromatic heterocycles. The number of likely N-dealkylation sites (N-methyl/N-ethyl adjacent to an activating group) is 1. The maximum Gasteiger partial charge on any atom is 0.247 e. The molecule has 5 heteroatoms. The highest BCUT2D eigenvalue weighted by Gasteiger charge is 2.41. The predicted octanol–water partition coefficient (Wildman–Crippen LogP) is 1.67. The van der Waals surface area contributed by atoms with Gasteiger partial charge in [0.15, 0.2) is 11.5 Å². The van der Waals surface area contributed by atoms with Crippen LogP contribution >= 0.6 is 0 Å². The number of hydrogen-bond acceptors (Lipinski definition) is 4. The molecule has 1 atom stereocenters. The molecule has 1 amide bonds. The summed E-state index contributed by atoms with van der Waals surface area (Å²) in [7, 11) is 5.01. The largest absolute Gasteiger partial charge is 0.493 e. The van der Waals surface area contributed by atoms with Crippen LogP contribution in [-0.4, -0.2) is 38.6 Å². The Hall–Kier alpha value is -1.75. The van der Waals surface area contributed by atoms with Gasteiger partial charge < -0.3 is 20.1 Å². The lowest BCUT2D eigenvalue weighted by atomic mass is 9.82. The number of ether oxygens (including phenoxy) is 2. The van der Waals surface area contributed by atoms with Crippen molar-refractivity contribution in [2.45, 2.75) is 31.7 Å². The second-order valence-electron chi connectivity index (χ2n) is 5.56. The van der Waals surface area contributed by atoms with Crippen molar-refractivity contribution in [1.82, 2.24) is 4.90 Å². The molecule has 1 aromatic carbocycles. The minimum Gasteiger partial charge on any atom is -0.493 e. The van der Waals surface area contributed by atoms with Crippen molar-refractivity contribution in [3.8, 4) is 11.5 Å². The number of carbonyl (C=O) groups excluding carboxylic acids is 1. The highest BCUT2D eigenvalue weighted by Crippen LogP contribution is 2.38. The van der Waals surface area contributed by atoms with Gasteiger partial charge in [-0.05, 0) is 36.1 Å². The number of benzene rings is 1. The van der Waals surface area contributed by atoms with Crippen molar-refractivity contribution < 1.29 is 14.3 Å². The van der Waals surface area contributed by atoms with Gasteiger partial charge in [0, 0.05) is 13.6 Å². The summed E-state index contributed by atoms with van der Waals surface area (Å²) < 4.78 is 10.7. The lowest BCUT2D eigenvalue weighted by molar-refractivity contribution is -0.136. The van der Waals surface area contributed by atoms with Crippen LogP contribution in [0.1, 0.15) is 30.9 Å². The fourth-order valence-electron chi connectivity index (χ4n) is 3.02. The molecule has 0 saturated heterocycles. The van der Waals surface area contributed by atoms with E-state index in [1.807, 2.05) is 19.1 Å². The van der Waals surface area contributed by atoms with Crippen molar-refractivity contribution in [2.24, 2.45) is 5.73 Å². The average molecular weight is 292 g/mol. The zero-order chi connectivity index (χ0) is 15.6. The van der Waals surface area contributed by atoms with Gasteiger partial charge in [-0.2, -0.15) is 0 Å². The quantitative estimate of drug-likeness (QED) is 0.917. The second kappa shape index (κ2) is 5.93. The molecule has 0 fully saturated rings. The first-order valence-corrected chi connectivity index (χ1v) is 7.27. The number of nitrogens with zero attached hydrogens (tertiary/aromatic N) is 1. The molecule has 0 bridgehead atoms. The summed E-state index contributed by atoms with van der Waals surface area (Å²) in [6, 6.07) is 3.80. The minimum absolute atomic E-state index is 0.0321. The Morgan fingerprint density at radius 3 is 2.48 bits per heavy atom. The van der Waals surface area contributed by atoms with Crippen LogP contribution in [0.15, 0.2) is 12.1 Å². The first-order chi connectivity index (χ1) is 9.97. The van der Waals surface area contributed by atoms with E-state index in [1.165, 1.54) is 0 Å². The molecule has 21 heavy (non-hydrogen) atoms. The molecule has 0 spiro atoms. The van der Waals surface area contributed by atoms with Crippen LogP contribution in [0.5, 0.6) is 11.5 Å². The van der Waals surface area contributed by atoms with Gasteiger partial charge in [0.25, 0.3) is 0 Å². The van der Waals surface area contributed by atoms with Gasteiger partial charge in [0.05, 0.1) is 14.2 Å². The van der Waals surface area contributed by atoms with E-state index < -0.39 is 5.54 Å². The molecule has 1 heterocycles. The average Bonchev–Trinajstić information content (AvgIpc) is 2.58. The lowest BCUT2D eigenvalue weighted by Gasteiger charge is -2.31. The molecule has 2 rings (SSSR count). The van der Waals surface area contributed by atoms with E-state index in [1.54, 1.807) is 26.2 Å². The summed E-state index contributed by atoms with van der Waals surface area (Å²) in [4.78, 5) is 14.4. The molecule has 0 saturated carbocycles. The van der Waals surface area contributed by atoms with Crippen LogP contribution in [-0.2, 0) is 16.8 Å². The Bertz CT molecular complexity index is 545. The number of methoxy groups -OCH3 is 2. The number of amides is 1. The van der Waals surface area contributed by atoms with E-state index >= 15 is 0 Å². The van der Waals surface area contributed by atoms with E-state index in [0.29, 0.717) is 24.5 Å². The molecule has 116 valence electrons. The number of rotatable bonds is 4. The SMILES string of the molecule is CCCC1(N)C(=O)N(C)CCc2cc(OC)c(OC)cc21. The molecule has 0 aliphatic carbocycles. The van der Waals surface area contributed by atoms with Gasteiger partial charge >= 0.3 is 0 Å². The molecule has 1 unspecified atom stereocenters. The maximum atomic E-state index is 12.7. The minimum atomic E-state index is -0.991. The molecule has 1 aliphatic heterocycles. The Kier molecular flexibility index (Phi) is 4.42. The monoisotopic (exact) mass is 292 g/mol. The molecule has 2 N–H and O–H groups in total. The molecule has 1 aliphatic rings. The van der Waals surface area contributed by atoms with Gasteiger partial charge in [0.1, 0.15) is 5.54 Å².